The molecule has 3 aliphatic rings. The second-order valence-corrected chi connectivity index (χ2v) is 12.2. The third kappa shape index (κ3) is 5.85. The minimum Gasteiger partial charge on any atom is -0.390 e. The SMILES string of the molecule is C=C1/C(=C\C=C2/CCC[C@]3(C)[C@@H]([C@@H](C)CCCC(C)(C)O)CC[C@@H]23)C[C@@H](OC)[C@H](C)[C@@H]1OC. The summed E-state index contributed by atoms with van der Waals surface area (Å²) in [6.07, 6.45) is 15.7. The third-order valence-electron chi connectivity index (χ3n) is 9.47. The molecular weight excluding hydrogens is 408 g/mol. The zero-order chi connectivity index (χ0) is 24.4. The van der Waals surface area contributed by atoms with Gasteiger partial charge in [0.2, 0.25) is 0 Å². The average Bonchev–Trinajstić information content (AvgIpc) is 3.10. The fourth-order valence-corrected chi connectivity index (χ4v) is 7.54. The Morgan fingerprint density at radius 2 is 1.94 bits per heavy atom. The van der Waals surface area contributed by atoms with Gasteiger partial charge in [-0.1, -0.05) is 57.9 Å². The van der Waals surface area contributed by atoms with E-state index in [9.17, 15) is 5.11 Å². The molecule has 0 aromatic carbocycles. The van der Waals surface area contributed by atoms with E-state index in [1.54, 1.807) is 12.7 Å². The maximum absolute atomic E-state index is 10.1. The molecule has 0 spiro atoms. The molecule has 0 heterocycles. The first-order valence-electron chi connectivity index (χ1n) is 13.4. The lowest BCUT2D eigenvalue weighted by atomic mass is 9.60. The fraction of sp³-hybridized carbons (Fsp3) is 0.800. The van der Waals surface area contributed by atoms with Crippen molar-refractivity contribution in [3.8, 4) is 0 Å². The molecule has 0 aliphatic heterocycles. The minimum atomic E-state index is -0.541. The number of methoxy groups -OCH3 is 2. The van der Waals surface area contributed by atoms with Crippen molar-refractivity contribution in [2.75, 3.05) is 14.2 Å². The van der Waals surface area contributed by atoms with Crippen LogP contribution >= 0.6 is 0 Å². The zero-order valence-corrected chi connectivity index (χ0v) is 22.5. The standard InChI is InChI=1S/C30H50O3/c1-20(11-9-17-29(4,5)31)25-15-16-26-23(12-10-18-30(25,26)6)13-14-24-19-27(32-7)22(3)28(33-8)21(24)2/h13-14,20,22,25-28,31H,2,9-12,15-19H2,1,3-8H3/b23-13+,24-14-/t20-,22-,25+,26-,27+,28+,30+/m0/s1. The van der Waals surface area contributed by atoms with E-state index in [0.717, 1.165) is 36.7 Å². The van der Waals surface area contributed by atoms with Crippen LogP contribution in [0.1, 0.15) is 92.4 Å². The van der Waals surface area contributed by atoms with E-state index in [4.69, 9.17) is 9.47 Å². The van der Waals surface area contributed by atoms with Gasteiger partial charge in [-0.3, -0.25) is 0 Å². The molecule has 3 fully saturated rings. The molecule has 3 nitrogen and oxygen atoms in total. The first-order valence-corrected chi connectivity index (χ1v) is 13.4. The molecule has 0 aromatic heterocycles. The molecular formula is C30H50O3. The summed E-state index contributed by atoms with van der Waals surface area (Å²) >= 11 is 0. The molecule has 7 atom stereocenters. The van der Waals surface area contributed by atoms with Crippen molar-refractivity contribution in [3.63, 3.8) is 0 Å². The maximum Gasteiger partial charge on any atom is 0.0868 e. The van der Waals surface area contributed by atoms with Crippen molar-refractivity contribution in [1.82, 2.24) is 0 Å². The summed E-state index contributed by atoms with van der Waals surface area (Å²) in [5.74, 6) is 2.55. The monoisotopic (exact) mass is 458 g/mol. The number of hydrogen-bond acceptors (Lipinski definition) is 3. The molecule has 3 saturated carbocycles. The molecule has 3 aliphatic carbocycles. The van der Waals surface area contributed by atoms with Crippen molar-refractivity contribution < 1.29 is 14.6 Å². The van der Waals surface area contributed by atoms with Gasteiger partial charge in [0.05, 0.1) is 17.8 Å². The lowest BCUT2D eigenvalue weighted by Crippen LogP contribution is -2.39. The summed E-state index contributed by atoms with van der Waals surface area (Å²) in [6.45, 7) is 15.5. The molecule has 0 saturated heterocycles. The molecule has 0 amide bonds. The number of ether oxygens (including phenoxy) is 2. The first kappa shape index (κ1) is 26.7. The Morgan fingerprint density at radius 1 is 1.21 bits per heavy atom. The second-order valence-electron chi connectivity index (χ2n) is 12.2. The molecule has 188 valence electrons. The fourth-order valence-electron chi connectivity index (χ4n) is 7.54. The predicted octanol–water partition coefficient (Wildman–Crippen LogP) is 7.26. The van der Waals surface area contributed by atoms with Gasteiger partial charge < -0.3 is 14.6 Å². The van der Waals surface area contributed by atoms with Gasteiger partial charge in [0, 0.05) is 20.1 Å². The van der Waals surface area contributed by atoms with Crippen LogP contribution in [-0.2, 0) is 9.47 Å². The Hall–Kier alpha value is -0.900. The highest BCUT2D eigenvalue weighted by atomic mass is 16.5. The predicted molar refractivity (Wildman–Crippen MR) is 138 cm³/mol. The Kier molecular flexibility index (Phi) is 8.73. The Morgan fingerprint density at radius 3 is 2.58 bits per heavy atom. The molecule has 0 bridgehead atoms. The summed E-state index contributed by atoms with van der Waals surface area (Å²) in [6, 6.07) is 0. The van der Waals surface area contributed by atoms with E-state index in [2.05, 4.69) is 39.5 Å². The van der Waals surface area contributed by atoms with Crippen molar-refractivity contribution in [1.29, 1.82) is 0 Å². The number of hydrogen-bond donors (Lipinski definition) is 1. The van der Waals surface area contributed by atoms with Gasteiger partial charge >= 0.3 is 0 Å². The van der Waals surface area contributed by atoms with E-state index in [0.29, 0.717) is 17.3 Å². The summed E-state index contributed by atoms with van der Waals surface area (Å²) in [4.78, 5) is 0. The molecule has 0 radical (unpaired) electrons. The van der Waals surface area contributed by atoms with Gasteiger partial charge in [0.15, 0.2) is 0 Å². The van der Waals surface area contributed by atoms with Crippen LogP contribution in [0.15, 0.2) is 35.5 Å². The van der Waals surface area contributed by atoms with Gasteiger partial charge in [0.1, 0.15) is 0 Å². The molecule has 0 unspecified atom stereocenters. The normalized spacial score (nSPS) is 38.7. The van der Waals surface area contributed by atoms with E-state index in [1.165, 1.54) is 44.1 Å². The number of aliphatic hydroxyl groups is 1. The van der Waals surface area contributed by atoms with E-state index in [1.807, 2.05) is 21.0 Å². The lowest BCUT2D eigenvalue weighted by Gasteiger charge is -2.44. The van der Waals surface area contributed by atoms with Gasteiger partial charge in [-0.05, 0) is 93.1 Å². The quantitative estimate of drug-likeness (QED) is 0.416. The van der Waals surface area contributed by atoms with E-state index in [-0.39, 0.29) is 12.2 Å². The van der Waals surface area contributed by atoms with Crippen LogP contribution in [0, 0.1) is 29.1 Å². The van der Waals surface area contributed by atoms with Crippen molar-refractivity contribution in [2.24, 2.45) is 29.1 Å². The second kappa shape index (κ2) is 10.8. The van der Waals surface area contributed by atoms with Gasteiger partial charge in [-0.2, -0.15) is 0 Å². The van der Waals surface area contributed by atoms with Crippen molar-refractivity contribution in [3.05, 3.63) is 35.5 Å². The summed E-state index contributed by atoms with van der Waals surface area (Å²) in [5.41, 5.74) is 3.94. The largest absolute Gasteiger partial charge is 0.390 e. The van der Waals surface area contributed by atoms with E-state index < -0.39 is 5.60 Å². The highest BCUT2D eigenvalue weighted by Gasteiger charge is 2.50. The molecule has 1 N–H and O–H groups in total. The minimum absolute atomic E-state index is 0.0329. The van der Waals surface area contributed by atoms with Crippen LogP contribution in [-0.4, -0.2) is 37.1 Å². The maximum atomic E-state index is 10.1. The highest BCUT2D eigenvalue weighted by molar-refractivity contribution is 5.39. The Bertz CT molecular complexity index is 742. The summed E-state index contributed by atoms with van der Waals surface area (Å²) in [5, 5.41) is 10.1. The first-order chi connectivity index (χ1) is 15.5. The van der Waals surface area contributed by atoms with E-state index >= 15 is 0 Å². The van der Waals surface area contributed by atoms with Crippen molar-refractivity contribution >= 4 is 0 Å². The van der Waals surface area contributed by atoms with Crippen LogP contribution in [0.3, 0.4) is 0 Å². The average molecular weight is 459 g/mol. The molecule has 33 heavy (non-hydrogen) atoms. The third-order valence-corrected chi connectivity index (χ3v) is 9.47. The Labute approximate surface area is 203 Å². The van der Waals surface area contributed by atoms with Gasteiger partial charge in [-0.15, -0.1) is 0 Å². The van der Waals surface area contributed by atoms with Crippen LogP contribution in [0.2, 0.25) is 0 Å². The summed E-state index contributed by atoms with van der Waals surface area (Å²) < 4.78 is 11.6. The highest BCUT2D eigenvalue weighted by Crippen LogP contribution is 2.60. The molecule has 0 aromatic rings. The molecule has 3 rings (SSSR count). The number of allylic oxidation sites excluding steroid dienone is 3. The Balaban J connectivity index is 1.74. The number of fused-ring (bicyclic) bond motifs is 1. The van der Waals surface area contributed by atoms with Crippen LogP contribution in [0.4, 0.5) is 0 Å². The van der Waals surface area contributed by atoms with Gasteiger partial charge in [0.25, 0.3) is 0 Å². The van der Waals surface area contributed by atoms with Crippen molar-refractivity contribution in [2.45, 2.75) is 110 Å². The number of rotatable bonds is 8. The molecule has 3 heteroatoms. The zero-order valence-electron chi connectivity index (χ0n) is 22.5. The van der Waals surface area contributed by atoms with Crippen LogP contribution in [0.5, 0.6) is 0 Å². The lowest BCUT2D eigenvalue weighted by molar-refractivity contribution is -0.0198. The van der Waals surface area contributed by atoms with Crippen LogP contribution < -0.4 is 0 Å². The van der Waals surface area contributed by atoms with Gasteiger partial charge in [-0.25, -0.2) is 0 Å². The smallest absolute Gasteiger partial charge is 0.0868 e. The summed E-state index contributed by atoms with van der Waals surface area (Å²) in [7, 11) is 3.60. The van der Waals surface area contributed by atoms with Crippen LogP contribution in [0.25, 0.3) is 0 Å². The topological polar surface area (TPSA) is 38.7 Å².